The molecule has 0 heterocycles. The van der Waals surface area contributed by atoms with Gasteiger partial charge in [-0.3, -0.25) is 4.79 Å². The summed E-state index contributed by atoms with van der Waals surface area (Å²) in [6.07, 6.45) is 0.0746. The van der Waals surface area contributed by atoms with Gasteiger partial charge in [0.15, 0.2) is 0 Å². The minimum Gasteiger partial charge on any atom is -0.481 e. The number of nitrogens with two attached hydrogens (primary N) is 1. The van der Waals surface area contributed by atoms with Crippen LogP contribution in [0.1, 0.15) is 25.8 Å². The van der Waals surface area contributed by atoms with Crippen LogP contribution in [0.3, 0.4) is 0 Å². The third-order valence-corrected chi connectivity index (χ3v) is 3.28. The van der Waals surface area contributed by atoms with Crippen LogP contribution in [0.2, 0.25) is 0 Å². The summed E-state index contributed by atoms with van der Waals surface area (Å²) in [5.74, 6) is -0.612. The van der Waals surface area contributed by atoms with Crippen molar-refractivity contribution < 1.29 is 9.90 Å². The molecule has 0 amide bonds. The van der Waals surface area contributed by atoms with Crippen molar-refractivity contribution in [3.8, 4) is 0 Å². The molecule has 3 nitrogen and oxygen atoms in total. The molecule has 0 aromatic heterocycles. The minimum atomic E-state index is -0.803. The first-order valence-electron chi connectivity index (χ1n) is 5.50. The molecule has 1 unspecified atom stereocenters. The Morgan fingerprint density at radius 3 is 2.31 bits per heavy atom. The smallest absolute Gasteiger partial charge is 0.304 e. The van der Waals surface area contributed by atoms with Gasteiger partial charge in [0.1, 0.15) is 0 Å². The van der Waals surface area contributed by atoms with E-state index in [1.807, 2.05) is 44.2 Å². The average molecular weight is 221 g/mol. The van der Waals surface area contributed by atoms with Crippen molar-refractivity contribution in [2.24, 2.45) is 11.7 Å². The summed E-state index contributed by atoms with van der Waals surface area (Å²) in [4.78, 5) is 11.0. The number of rotatable bonds is 5. The topological polar surface area (TPSA) is 63.3 Å². The molecular weight excluding hydrogens is 202 g/mol. The van der Waals surface area contributed by atoms with Gasteiger partial charge in [0.2, 0.25) is 0 Å². The van der Waals surface area contributed by atoms with E-state index in [0.29, 0.717) is 6.54 Å². The summed E-state index contributed by atoms with van der Waals surface area (Å²) in [6, 6.07) is 9.67. The van der Waals surface area contributed by atoms with E-state index in [0.717, 1.165) is 5.56 Å². The Bertz CT molecular complexity index is 348. The van der Waals surface area contributed by atoms with E-state index >= 15 is 0 Å². The van der Waals surface area contributed by atoms with Crippen LogP contribution in [0.25, 0.3) is 0 Å². The van der Waals surface area contributed by atoms with E-state index in [9.17, 15) is 4.79 Å². The molecule has 0 fully saturated rings. The first kappa shape index (κ1) is 12.7. The molecule has 0 aliphatic heterocycles. The van der Waals surface area contributed by atoms with Crippen molar-refractivity contribution in [2.45, 2.75) is 25.7 Å². The van der Waals surface area contributed by atoms with Crippen LogP contribution in [0.5, 0.6) is 0 Å². The van der Waals surface area contributed by atoms with Crippen LogP contribution in [0.4, 0.5) is 0 Å². The fourth-order valence-electron chi connectivity index (χ4n) is 2.11. The lowest BCUT2D eigenvalue weighted by Gasteiger charge is -2.35. The lowest BCUT2D eigenvalue weighted by molar-refractivity contribution is -0.139. The summed E-state index contributed by atoms with van der Waals surface area (Å²) in [5, 5.41) is 9.03. The Hall–Kier alpha value is -1.35. The molecule has 0 saturated heterocycles. The molecule has 3 N–H and O–H groups in total. The summed E-state index contributed by atoms with van der Waals surface area (Å²) >= 11 is 0. The Labute approximate surface area is 96.3 Å². The number of hydrogen-bond donors (Lipinski definition) is 2. The second-order valence-electron chi connectivity index (χ2n) is 4.45. The van der Waals surface area contributed by atoms with Crippen LogP contribution in [-0.4, -0.2) is 17.6 Å². The molecular formula is C13H19NO2. The third-order valence-electron chi connectivity index (χ3n) is 3.28. The highest BCUT2D eigenvalue weighted by atomic mass is 16.4. The summed E-state index contributed by atoms with van der Waals surface area (Å²) in [5.41, 5.74) is 6.37. The average Bonchev–Trinajstić information content (AvgIpc) is 2.26. The number of hydrogen-bond acceptors (Lipinski definition) is 2. The van der Waals surface area contributed by atoms with E-state index < -0.39 is 11.4 Å². The SMILES string of the molecule is CC(C)C(CN)(CC(=O)O)c1ccccc1. The largest absolute Gasteiger partial charge is 0.481 e. The number of carbonyl (C=O) groups is 1. The number of carboxylic acids is 1. The highest BCUT2D eigenvalue weighted by molar-refractivity contribution is 5.69. The van der Waals surface area contributed by atoms with E-state index in [4.69, 9.17) is 10.8 Å². The maximum absolute atomic E-state index is 11.0. The highest BCUT2D eigenvalue weighted by Crippen LogP contribution is 2.34. The molecule has 0 aliphatic carbocycles. The van der Waals surface area contributed by atoms with Crippen molar-refractivity contribution in [3.63, 3.8) is 0 Å². The lowest BCUT2D eigenvalue weighted by atomic mass is 9.69. The molecule has 1 aromatic rings. The molecule has 1 aromatic carbocycles. The molecule has 1 rings (SSSR count). The zero-order chi connectivity index (χ0) is 12.2. The summed E-state index contributed by atoms with van der Waals surface area (Å²) in [7, 11) is 0. The Kier molecular flexibility index (Phi) is 4.07. The molecule has 3 heteroatoms. The second-order valence-corrected chi connectivity index (χ2v) is 4.45. The molecule has 0 aliphatic rings. The van der Waals surface area contributed by atoms with Gasteiger partial charge < -0.3 is 10.8 Å². The zero-order valence-electron chi connectivity index (χ0n) is 9.81. The standard InChI is InChI=1S/C13H19NO2/c1-10(2)13(9-14,8-12(15)16)11-6-4-3-5-7-11/h3-7,10H,8-9,14H2,1-2H3,(H,15,16). The van der Waals surface area contributed by atoms with Crippen molar-refractivity contribution >= 4 is 5.97 Å². The van der Waals surface area contributed by atoms with E-state index in [1.165, 1.54) is 0 Å². The fourth-order valence-corrected chi connectivity index (χ4v) is 2.11. The first-order valence-corrected chi connectivity index (χ1v) is 5.50. The van der Waals surface area contributed by atoms with Gasteiger partial charge in [-0.2, -0.15) is 0 Å². The molecule has 88 valence electrons. The van der Waals surface area contributed by atoms with Gasteiger partial charge in [0.25, 0.3) is 0 Å². The monoisotopic (exact) mass is 221 g/mol. The highest BCUT2D eigenvalue weighted by Gasteiger charge is 2.36. The lowest BCUT2D eigenvalue weighted by Crippen LogP contribution is -2.42. The van der Waals surface area contributed by atoms with Crippen LogP contribution in [0, 0.1) is 5.92 Å². The molecule has 0 bridgehead atoms. The zero-order valence-corrected chi connectivity index (χ0v) is 9.81. The van der Waals surface area contributed by atoms with Crippen molar-refractivity contribution in [1.29, 1.82) is 0 Å². The van der Waals surface area contributed by atoms with Gasteiger partial charge in [0, 0.05) is 12.0 Å². The summed E-state index contributed by atoms with van der Waals surface area (Å²) in [6.45, 7) is 4.38. The van der Waals surface area contributed by atoms with Crippen molar-refractivity contribution in [2.75, 3.05) is 6.54 Å². The molecule has 0 saturated carbocycles. The normalized spacial score (nSPS) is 14.8. The second kappa shape index (κ2) is 5.12. The van der Waals surface area contributed by atoms with Gasteiger partial charge in [0.05, 0.1) is 6.42 Å². The van der Waals surface area contributed by atoms with Crippen molar-refractivity contribution in [1.82, 2.24) is 0 Å². The molecule has 16 heavy (non-hydrogen) atoms. The van der Waals surface area contributed by atoms with Crippen LogP contribution in [-0.2, 0) is 10.2 Å². The van der Waals surface area contributed by atoms with E-state index in [-0.39, 0.29) is 12.3 Å². The first-order chi connectivity index (χ1) is 7.53. The van der Waals surface area contributed by atoms with Crippen molar-refractivity contribution in [3.05, 3.63) is 35.9 Å². The van der Waals surface area contributed by atoms with E-state index in [1.54, 1.807) is 0 Å². The van der Waals surface area contributed by atoms with Crippen LogP contribution in [0.15, 0.2) is 30.3 Å². The molecule has 0 spiro atoms. The third kappa shape index (κ3) is 2.42. The van der Waals surface area contributed by atoms with Crippen LogP contribution >= 0.6 is 0 Å². The maximum atomic E-state index is 11.0. The molecule has 1 atom stereocenters. The van der Waals surface area contributed by atoms with Gasteiger partial charge in [-0.1, -0.05) is 44.2 Å². The van der Waals surface area contributed by atoms with Gasteiger partial charge >= 0.3 is 5.97 Å². The molecule has 0 radical (unpaired) electrons. The predicted molar refractivity (Wildman–Crippen MR) is 64.3 cm³/mol. The van der Waals surface area contributed by atoms with Crippen LogP contribution < -0.4 is 5.73 Å². The number of benzene rings is 1. The number of aliphatic carboxylic acids is 1. The summed E-state index contributed by atoms with van der Waals surface area (Å²) < 4.78 is 0. The Balaban J connectivity index is 3.17. The minimum absolute atomic E-state index is 0.0746. The maximum Gasteiger partial charge on any atom is 0.304 e. The van der Waals surface area contributed by atoms with Gasteiger partial charge in [-0.15, -0.1) is 0 Å². The van der Waals surface area contributed by atoms with E-state index in [2.05, 4.69) is 0 Å². The fraction of sp³-hybridized carbons (Fsp3) is 0.462. The Morgan fingerprint density at radius 2 is 1.94 bits per heavy atom. The quantitative estimate of drug-likeness (QED) is 0.799. The predicted octanol–water partition coefficient (Wildman–Crippen LogP) is 2.01. The van der Waals surface area contributed by atoms with Gasteiger partial charge in [-0.25, -0.2) is 0 Å². The number of carboxylic acid groups (broad SMARTS) is 1. The Morgan fingerprint density at radius 1 is 1.38 bits per heavy atom. The van der Waals surface area contributed by atoms with Gasteiger partial charge in [-0.05, 0) is 11.5 Å².